The SMILES string of the molecule is COc1ccccc1C(=O)NC(=S)Nc1cc(C)ccn1. The summed E-state index contributed by atoms with van der Waals surface area (Å²) in [5.41, 5.74) is 1.47. The second-order valence-electron chi connectivity index (χ2n) is 4.33. The van der Waals surface area contributed by atoms with Crippen LogP contribution in [0.15, 0.2) is 42.6 Å². The van der Waals surface area contributed by atoms with E-state index in [1.54, 1.807) is 30.5 Å². The minimum atomic E-state index is -0.336. The van der Waals surface area contributed by atoms with Gasteiger partial charge < -0.3 is 10.1 Å². The highest BCUT2D eigenvalue weighted by atomic mass is 32.1. The fourth-order valence-corrected chi connectivity index (χ4v) is 1.95. The molecular weight excluding hydrogens is 286 g/mol. The number of thiocarbonyl (C=S) groups is 1. The van der Waals surface area contributed by atoms with Crippen molar-refractivity contribution in [2.24, 2.45) is 0 Å². The van der Waals surface area contributed by atoms with E-state index in [9.17, 15) is 4.79 Å². The number of nitrogens with zero attached hydrogens (tertiary/aromatic N) is 1. The van der Waals surface area contributed by atoms with Gasteiger partial charge in [0.05, 0.1) is 12.7 Å². The first-order valence-corrected chi connectivity index (χ1v) is 6.69. The van der Waals surface area contributed by atoms with E-state index in [1.807, 2.05) is 19.1 Å². The van der Waals surface area contributed by atoms with Crippen LogP contribution in [-0.4, -0.2) is 23.1 Å². The summed E-state index contributed by atoms with van der Waals surface area (Å²) in [4.78, 5) is 16.3. The fraction of sp³-hybridized carbons (Fsp3) is 0.133. The number of amides is 1. The van der Waals surface area contributed by atoms with Gasteiger partial charge in [-0.2, -0.15) is 0 Å². The molecule has 2 rings (SSSR count). The van der Waals surface area contributed by atoms with Crippen LogP contribution in [0.25, 0.3) is 0 Å². The molecule has 2 N–H and O–H groups in total. The number of benzene rings is 1. The molecule has 0 spiro atoms. The summed E-state index contributed by atoms with van der Waals surface area (Å²) in [6.45, 7) is 1.95. The summed E-state index contributed by atoms with van der Waals surface area (Å²) in [5, 5.41) is 5.65. The topological polar surface area (TPSA) is 63.2 Å². The highest BCUT2D eigenvalue weighted by Gasteiger charge is 2.12. The van der Waals surface area contributed by atoms with Crippen molar-refractivity contribution in [3.05, 3.63) is 53.7 Å². The van der Waals surface area contributed by atoms with Crippen LogP contribution in [0.3, 0.4) is 0 Å². The molecule has 21 heavy (non-hydrogen) atoms. The van der Waals surface area contributed by atoms with Gasteiger partial charge in [0.2, 0.25) is 0 Å². The summed E-state index contributed by atoms with van der Waals surface area (Å²) in [5.74, 6) is 0.740. The minimum absolute atomic E-state index is 0.184. The summed E-state index contributed by atoms with van der Waals surface area (Å²) < 4.78 is 5.15. The molecule has 0 aliphatic carbocycles. The van der Waals surface area contributed by atoms with Gasteiger partial charge in [0.1, 0.15) is 11.6 Å². The van der Waals surface area contributed by atoms with Gasteiger partial charge in [-0.15, -0.1) is 0 Å². The summed E-state index contributed by atoms with van der Waals surface area (Å²) in [7, 11) is 1.51. The summed E-state index contributed by atoms with van der Waals surface area (Å²) in [6.07, 6.45) is 1.67. The Morgan fingerprint density at radius 1 is 1.29 bits per heavy atom. The second kappa shape index (κ2) is 6.81. The molecule has 5 nitrogen and oxygen atoms in total. The number of anilines is 1. The van der Waals surface area contributed by atoms with Gasteiger partial charge in [0.25, 0.3) is 5.91 Å². The van der Waals surface area contributed by atoms with E-state index < -0.39 is 0 Å². The molecule has 0 atom stereocenters. The van der Waals surface area contributed by atoms with Gasteiger partial charge in [0, 0.05) is 6.20 Å². The van der Waals surface area contributed by atoms with Crippen molar-refractivity contribution in [1.29, 1.82) is 0 Å². The number of pyridine rings is 1. The molecule has 108 valence electrons. The molecule has 1 aromatic carbocycles. The van der Waals surface area contributed by atoms with E-state index >= 15 is 0 Å². The summed E-state index contributed by atoms with van der Waals surface area (Å²) >= 11 is 5.11. The molecule has 0 radical (unpaired) electrons. The number of aryl methyl sites for hydroxylation is 1. The van der Waals surface area contributed by atoms with Gasteiger partial charge >= 0.3 is 0 Å². The van der Waals surface area contributed by atoms with Crippen molar-refractivity contribution in [2.75, 3.05) is 12.4 Å². The van der Waals surface area contributed by atoms with Crippen LogP contribution < -0.4 is 15.4 Å². The number of hydrogen-bond acceptors (Lipinski definition) is 4. The Hall–Kier alpha value is -2.47. The number of carbonyl (C=O) groups is 1. The van der Waals surface area contributed by atoms with Crippen LogP contribution in [0.2, 0.25) is 0 Å². The lowest BCUT2D eigenvalue weighted by atomic mass is 10.2. The highest BCUT2D eigenvalue weighted by molar-refractivity contribution is 7.80. The van der Waals surface area contributed by atoms with Crippen LogP contribution in [-0.2, 0) is 0 Å². The summed E-state index contributed by atoms with van der Waals surface area (Å²) in [6, 6.07) is 10.7. The molecule has 1 aromatic heterocycles. The van der Waals surface area contributed by atoms with Crippen LogP contribution in [0.5, 0.6) is 5.75 Å². The lowest BCUT2D eigenvalue weighted by Crippen LogP contribution is -2.34. The van der Waals surface area contributed by atoms with Crippen LogP contribution in [0.1, 0.15) is 15.9 Å². The highest BCUT2D eigenvalue weighted by Crippen LogP contribution is 2.16. The molecule has 0 saturated carbocycles. The number of nitrogens with one attached hydrogen (secondary N) is 2. The average molecular weight is 301 g/mol. The molecule has 0 unspecified atom stereocenters. The van der Waals surface area contributed by atoms with E-state index in [0.717, 1.165) is 5.56 Å². The Kier molecular flexibility index (Phi) is 4.84. The Morgan fingerprint density at radius 2 is 2.05 bits per heavy atom. The molecule has 0 fully saturated rings. The first kappa shape index (κ1) is 14.9. The predicted molar refractivity (Wildman–Crippen MR) is 85.7 cm³/mol. The number of carbonyl (C=O) groups excluding carboxylic acids is 1. The first-order chi connectivity index (χ1) is 10.1. The van der Waals surface area contributed by atoms with Crippen LogP contribution in [0, 0.1) is 6.92 Å². The number of aromatic nitrogens is 1. The third kappa shape index (κ3) is 4.00. The van der Waals surface area contributed by atoms with Crippen molar-refractivity contribution < 1.29 is 9.53 Å². The van der Waals surface area contributed by atoms with Gasteiger partial charge in [0.15, 0.2) is 5.11 Å². The van der Waals surface area contributed by atoms with E-state index in [-0.39, 0.29) is 11.0 Å². The number of ether oxygens (including phenoxy) is 1. The largest absolute Gasteiger partial charge is 0.496 e. The zero-order valence-electron chi connectivity index (χ0n) is 11.7. The van der Waals surface area contributed by atoms with Crippen molar-refractivity contribution in [3.63, 3.8) is 0 Å². The van der Waals surface area contributed by atoms with E-state index in [4.69, 9.17) is 17.0 Å². The monoisotopic (exact) mass is 301 g/mol. The molecule has 0 aliphatic rings. The predicted octanol–water partition coefficient (Wildman–Crippen LogP) is 2.53. The Balaban J connectivity index is 2.04. The maximum absolute atomic E-state index is 12.2. The molecule has 1 amide bonds. The molecule has 2 aromatic rings. The lowest BCUT2D eigenvalue weighted by Gasteiger charge is -2.11. The number of hydrogen-bond donors (Lipinski definition) is 2. The number of methoxy groups -OCH3 is 1. The van der Waals surface area contributed by atoms with Gasteiger partial charge in [-0.05, 0) is 49.0 Å². The molecule has 1 heterocycles. The Labute approximate surface area is 128 Å². The second-order valence-corrected chi connectivity index (χ2v) is 4.74. The zero-order chi connectivity index (χ0) is 15.2. The van der Waals surface area contributed by atoms with E-state index in [0.29, 0.717) is 17.1 Å². The Morgan fingerprint density at radius 3 is 2.76 bits per heavy atom. The quantitative estimate of drug-likeness (QED) is 0.853. The standard InChI is InChI=1S/C15H15N3O2S/c1-10-7-8-16-13(9-10)17-15(21)18-14(19)11-5-3-4-6-12(11)20-2/h3-9H,1-2H3,(H2,16,17,18,19,21). The third-order valence-electron chi connectivity index (χ3n) is 2.74. The Bertz CT molecular complexity index is 673. The molecule has 6 heteroatoms. The van der Waals surface area contributed by atoms with Gasteiger partial charge in [-0.3, -0.25) is 10.1 Å². The minimum Gasteiger partial charge on any atom is -0.496 e. The van der Waals surface area contributed by atoms with Crippen LogP contribution in [0.4, 0.5) is 5.82 Å². The first-order valence-electron chi connectivity index (χ1n) is 6.28. The van der Waals surface area contributed by atoms with E-state index in [2.05, 4.69) is 15.6 Å². The van der Waals surface area contributed by atoms with Gasteiger partial charge in [-0.25, -0.2) is 4.98 Å². The van der Waals surface area contributed by atoms with Crippen molar-refractivity contribution in [2.45, 2.75) is 6.92 Å². The maximum atomic E-state index is 12.2. The number of para-hydroxylation sites is 1. The fourth-order valence-electron chi connectivity index (χ4n) is 1.75. The van der Waals surface area contributed by atoms with Crippen molar-refractivity contribution in [1.82, 2.24) is 10.3 Å². The molecule has 0 bridgehead atoms. The smallest absolute Gasteiger partial charge is 0.261 e. The molecule has 0 saturated heterocycles. The molecular formula is C15H15N3O2S. The van der Waals surface area contributed by atoms with Crippen molar-refractivity contribution >= 4 is 29.1 Å². The lowest BCUT2D eigenvalue weighted by molar-refractivity contribution is 0.0975. The van der Waals surface area contributed by atoms with Crippen molar-refractivity contribution in [3.8, 4) is 5.75 Å². The third-order valence-corrected chi connectivity index (χ3v) is 2.94. The normalized spacial score (nSPS) is 9.81. The van der Waals surface area contributed by atoms with Gasteiger partial charge in [-0.1, -0.05) is 12.1 Å². The zero-order valence-corrected chi connectivity index (χ0v) is 12.5. The van der Waals surface area contributed by atoms with E-state index in [1.165, 1.54) is 7.11 Å². The molecule has 0 aliphatic heterocycles. The van der Waals surface area contributed by atoms with Crippen LogP contribution >= 0.6 is 12.2 Å². The average Bonchev–Trinajstić information content (AvgIpc) is 2.47. The maximum Gasteiger partial charge on any atom is 0.261 e. The number of rotatable bonds is 3.